The van der Waals surface area contributed by atoms with E-state index in [1.807, 2.05) is 16.7 Å². The van der Waals surface area contributed by atoms with Crippen LogP contribution in [0.4, 0.5) is 4.79 Å². The average Bonchev–Trinajstić information content (AvgIpc) is 2.64. The van der Waals surface area contributed by atoms with Gasteiger partial charge < -0.3 is 10.2 Å². The summed E-state index contributed by atoms with van der Waals surface area (Å²) in [5.41, 5.74) is 1.31. The summed E-state index contributed by atoms with van der Waals surface area (Å²) >= 11 is 1.93. The number of rotatable bonds is 4. The average molecular weight is 334 g/mol. The van der Waals surface area contributed by atoms with E-state index in [0.29, 0.717) is 12.6 Å². The molecular weight excluding hydrogens is 306 g/mol. The SMILES string of the molecule is O=C(NC[C@H](c1ccccc1)N1CCCCC1)N1CCSCC1. The molecule has 0 aromatic heterocycles. The molecule has 3 rings (SSSR count). The number of hydrogen-bond donors (Lipinski definition) is 1. The number of carbonyl (C=O) groups excluding carboxylic acids is 1. The van der Waals surface area contributed by atoms with Gasteiger partial charge >= 0.3 is 6.03 Å². The number of likely N-dealkylation sites (tertiary alicyclic amines) is 1. The topological polar surface area (TPSA) is 35.6 Å². The summed E-state index contributed by atoms with van der Waals surface area (Å²) in [5, 5.41) is 3.18. The molecule has 0 saturated carbocycles. The Morgan fingerprint density at radius 3 is 2.43 bits per heavy atom. The van der Waals surface area contributed by atoms with E-state index in [1.165, 1.54) is 24.8 Å². The van der Waals surface area contributed by atoms with E-state index in [1.54, 1.807) is 0 Å². The molecule has 0 unspecified atom stereocenters. The number of carbonyl (C=O) groups is 1. The molecule has 23 heavy (non-hydrogen) atoms. The third-order valence-corrected chi connectivity index (χ3v) is 5.70. The van der Waals surface area contributed by atoms with Crippen molar-refractivity contribution in [3.63, 3.8) is 0 Å². The normalized spacial score (nSPS) is 21.0. The number of nitrogens with one attached hydrogen (secondary N) is 1. The van der Waals surface area contributed by atoms with Gasteiger partial charge in [-0.25, -0.2) is 4.79 Å². The summed E-state index contributed by atoms with van der Waals surface area (Å²) in [6.07, 6.45) is 3.86. The van der Waals surface area contributed by atoms with Gasteiger partial charge in [-0.3, -0.25) is 4.90 Å². The Morgan fingerprint density at radius 2 is 1.74 bits per heavy atom. The van der Waals surface area contributed by atoms with Crippen LogP contribution < -0.4 is 5.32 Å². The van der Waals surface area contributed by atoms with Gasteiger partial charge in [0.1, 0.15) is 0 Å². The van der Waals surface area contributed by atoms with Crippen LogP contribution in [-0.2, 0) is 0 Å². The molecule has 0 bridgehead atoms. The monoisotopic (exact) mass is 333 g/mol. The number of nitrogens with zero attached hydrogens (tertiary/aromatic N) is 2. The Morgan fingerprint density at radius 1 is 1.04 bits per heavy atom. The first-order chi connectivity index (χ1) is 11.3. The van der Waals surface area contributed by atoms with Gasteiger partial charge in [-0.15, -0.1) is 0 Å². The van der Waals surface area contributed by atoms with E-state index >= 15 is 0 Å². The molecule has 0 aliphatic carbocycles. The summed E-state index contributed by atoms with van der Waals surface area (Å²) in [4.78, 5) is 16.9. The molecule has 1 aromatic rings. The lowest BCUT2D eigenvalue weighted by atomic mass is 10.0. The van der Waals surface area contributed by atoms with E-state index in [2.05, 4.69) is 40.5 Å². The molecule has 2 aliphatic rings. The minimum absolute atomic E-state index is 0.100. The first kappa shape index (κ1) is 16.7. The summed E-state index contributed by atoms with van der Waals surface area (Å²) in [5.74, 6) is 2.11. The molecule has 2 aliphatic heterocycles. The quantitative estimate of drug-likeness (QED) is 0.920. The van der Waals surface area contributed by atoms with E-state index in [-0.39, 0.29) is 6.03 Å². The van der Waals surface area contributed by atoms with Crippen LogP contribution in [0.1, 0.15) is 30.9 Å². The van der Waals surface area contributed by atoms with Gasteiger partial charge in [-0.05, 0) is 31.5 Å². The molecule has 1 N–H and O–H groups in total. The van der Waals surface area contributed by atoms with Crippen LogP contribution >= 0.6 is 11.8 Å². The van der Waals surface area contributed by atoms with Gasteiger partial charge in [0.15, 0.2) is 0 Å². The van der Waals surface area contributed by atoms with Crippen LogP contribution in [-0.4, -0.2) is 60.1 Å². The molecule has 1 aromatic carbocycles. The molecule has 2 fully saturated rings. The maximum absolute atomic E-state index is 12.4. The van der Waals surface area contributed by atoms with Crippen LogP contribution in [0.5, 0.6) is 0 Å². The fraction of sp³-hybridized carbons (Fsp3) is 0.611. The second-order valence-corrected chi connectivity index (χ2v) is 7.53. The minimum Gasteiger partial charge on any atom is -0.336 e. The lowest BCUT2D eigenvalue weighted by Crippen LogP contribution is -2.47. The van der Waals surface area contributed by atoms with Gasteiger partial charge in [-0.2, -0.15) is 11.8 Å². The first-order valence-electron chi connectivity index (χ1n) is 8.74. The summed E-state index contributed by atoms with van der Waals surface area (Å²) in [6.45, 7) is 4.71. The smallest absolute Gasteiger partial charge is 0.317 e. The molecule has 1 atom stereocenters. The Kier molecular flexibility index (Phi) is 6.22. The second-order valence-electron chi connectivity index (χ2n) is 6.31. The highest BCUT2D eigenvalue weighted by atomic mass is 32.2. The van der Waals surface area contributed by atoms with E-state index in [9.17, 15) is 4.79 Å². The number of benzene rings is 1. The Labute approximate surface area is 143 Å². The Balaban J connectivity index is 1.62. The Bertz CT molecular complexity index is 484. The van der Waals surface area contributed by atoms with Gasteiger partial charge in [0.25, 0.3) is 0 Å². The van der Waals surface area contributed by atoms with E-state index < -0.39 is 0 Å². The molecule has 0 radical (unpaired) electrons. The number of thioether (sulfide) groups is 1. The molecule has 4 nitrogen and oxygen atoms in total. The van der Waals surface area contributed by atoms with Crippen molar-refractivity contribution in [2.75, 3.05) is 44.2 Å². The molecule has 5 heteroatoms. The van der Waals surface area contributed by atoms with Crippen LogP contribution in [0, 0.1) is 0 Å². The lowest BCUT2D eigenvalue weighted by molar-refractivity contribution is 0.155. The zero-order valence-electron chi connectivity index (χ0n) is 13.7. The maximum Gasteiger partial charge on any atom is 0.317 e. The molecule has 2 heterocycles. The maximum atomic E-state index is 12.4. The largest absolute Gasteiger partial charge is 0.336 e. The van der Waals surface area contributed by atoms with Crippen molar-refractivity contribution in [1.29, 1.82) is 0 Å². The summed E-state index contributed by atoms with van der Waals surface area (Å²) < 4.78 is 0. The number of piperidine rings is 1. The molecule has 126 valence electrons. The molecular formula is C18H27N3OS. The number of hydrogen-bond acceptors (Lipinski definition) is 3. The van der Waals surface area contributed by atoms with Crippen LogP contribution in [0.3, 0.4) is 0 Å². The van der Waals surface area contributed by atoms with Gasteiger partial charge in [-0.1, -0.05) is 36.8 Å². The number of urea groups is 1. The highest BCUT2D eigenvalue weighted by Gasteiger charge is 2.24. The zero-order chi connectivity index (χ0) is 15.9. The van der Waals surface area contributed by atoms with Gasteiger partial charge in [0.05, 0.1) is 6.04 Å². The predicted octanol–water partition coefficient (Wildman–Crippen LogP) is 2.97. The zero-order valence-corrected chi connectivity index (χ0v) is 14.6. The highest BCUT2D eigenvalue weighted by molar-refractivity contribution is 7.99. The lowest BCUT2D eigenvalue weighted by Gasteiger charge is -2.35. The fourth-order valence-electron chi connectivity index (χ4n) is 3.43. The van der Waals surface area contributed by atoms with E-state index in [0.717, 1.165) is 37.7 Å². The van der Waals surface area contributed by atoms with Crippen LogP contribution in [0.15, 0.2) is 30.3 Å². The van der Waals surface area contributed by atoms with Crippen molar-refractivity contribution < 1.29 is 4.79 Å². The fourth-order valence-corrected chi connectivity index (χ4v) is 4.33. The van der Waals surface area contributed by atoms with Crippen molar-refractivity contribution in [3.8, 4) is 0 Å². The molecule has 2 saturated heterocycles. The highest BCUT2D eigenvalue weighted by Crippen LogP contribution is 2.24. The third kappa shape index (κ3) is 4.64. The minimum atomic E-state index is 0.100. The van der Waals surface area contributed by atoms with Crippen LogP contribution in [0.2, 0.25) is 0 Å². The molecule has 0 spiro atoms. The van der Waals surface area contributed by atoms with Gasteiger partial charge in [0.2, 0.25) is 0 Å². The van der Waals surface area contributed by atoms with Crippen LogP contribution in [0.25, 0.3) is 0 Å². The van der Waals surface area contributed by atoms with Crippen molar-refractivity contribution in [1.82, 2.24) is 15.1 Å². The van der Waals surface area contributed by atoms with Crippen molar-refractivity contribution in [2.24, 2.45) is 0 Å². The van der Waals surface area contributed by atoms with E-state index in [4.69, 9.17) is 0 Å². The Hall–Kier alpha value is -1.20. The van der Waals surface area contributed by atoms with Gasteiger partial charge in [0, 0.05) is 31.1 Å². The van der Waals surface area contributed by atoms with Crippen molar-refractivity contribution in [2.45, 2.75) is 25.3 Å². The second kappa shape index (κ2) is 8.60. The standard InChI is InChI=1S/C18H27N3OS/c22-18(21-11-13-23-14-12-21)19-15-17(16-7-3-1-4-8-16)20-9-5-2-6-10-20/h1,3-4,7-8,17H,2,5-6,9-15H2,(H,19,22)/t17-/m1/s1. The predicted molar refractivity (Wildman–Crippen MR) is 96.9 cm³/mol. The summed E-state index contributed by atoms with van der Waals surface area (Å²) in [7, 11) is 0. The molecule has 2 amide bonds. The third-order valence-electron chi connectivity index (χ3n) is 4.76. The number of amides is 2. The summed E-state index contributed by atoms with van der Waals surface area (Å²) in [6, 6.07) is 11.0. The van der Waals surface area contributed by atoms with Crippen molar-refractivity contribution >= 4 is 17.8 Å². The first-order valence-corrected chi connectivity index (χ1v) is 9.89. The van der Waals surface area contributed by atoms with Crippen molar-refractivity contribution in [3.05, 3.63) is 35.9 Å².